The number of benzene rings is 2. The minimum atomic E-state index is -4.93. The highest BCUT2D eigenvalue weighted by atomic mass is 19.4. The van der Waals surface area contributed by atoms with Gasteiger partial charge >= 0.3 is 12.3 Å². The van der Waals surface area contributed by atoms with Gasteiger partial charge in [0.05, 0.1) is 6.61 Å². The van der Waals surface area contributed by atoms with Gasteiger partial charge in [0.1, 0.15) is 0 Å². The highest BCUT2D eigenvalue weighted by Gasteiger charge is 2.38. The van der Waals surface area contributed by atoms with Crippen molar-refractivity contribution in [3.63, 3.8) is 0 Å². The molecule has 0 aromatic heterocycles. The second-order valence-corrected chi connectivity index (χ2v) is 4.30. The standard InChI is InChI=1S/C15H13F3O3/c1-2-20-14(19)13(21-15(16,17)18)12-8-7-10-5-3-4-6-11(10)9-12/h3-9,13H,2H2,1H3. The third kappa shape index (κ3) is 3.95. The second-order valence-electron chi connectivity index (χ2n) is 4.30. The molecule has 6 heteroatoms. The number of carbonyl (C=O) groups excluding carboxylic acids is 1. The molecule has 112 valence electrons. The first-order chi connectivity index (χ1) is 9.90. The van der Waals surface area contributed by atoms with E-state index in [4.69, 9.17) is 0 Å². The van der Waals surface area contributed by atoms with Crippen molar-refractivity contribution in [2.75, 3.05) is 6.61 Å². The van der Waals surface area contributed by atoms with Gasteiger partial charge in [0.2, 0.25) is 0 Å². The molecule has 0 aliphatic carbocycles. The van der Waals surface area contributed by atoms with Crippen LogP contribution in [0.2, 0.25) is 0 Å². The lowest BCUT2D eigenvalue weighted by Crippen LogP contribution is -2.26. The van der Waals surface area contributed by atoms with Crippen LogP contribution in [0.3, 0.4) is 0 Å². The van der Waals surface area contributed by atoms with E-state index in [0.717, 1.165) is 10.8 Å². The van der Waals surface area contributed by atoms with Crippen LogP contribution in [0, 0.1) is 0 Å². The van der Waals surface area contributed by atoms with Crippen molar-refractivity contribution < 1.29 is 27.4 Å². The van der Waals surface area contributed by atoms with Gasteiger partial charge in [-0.15, -0.1) is 13.2 Å². The maximum absolute atomic E-state index is 12.5. The van der Waals surface area contributed by atoms with E-state index in [0.29, 0.717) is 0 Å². The third-order valence-corrected chi connectivity index (χ3v) is 2.83. The van der Waals surface area contributed by atoms with Gasteiger partial charge in [-0.2, -0.15) is 0 Å². The van der Waals surface area contributed by atoms with Crippen LogP contribution in [0.4, 0.5) is 13.2 Å². The largest absolute Gasteiger partial charge is 0.523 e. The molecule has 3 nitrogen and oxygen atoms in total. The molecule has 1 unspecified atom stereocenters. The average molecular weight is 298 g/mol. The summed E-state index contributed by atoms with van der Waals surface area (Å²) < 4.78 is 46.0. The number of hydrogen-bond donors (Lipinski definition) is 0. The van der Waals surface area contributed by atoms with Gasteiger partial charge in [0.15, 0.2) is 6.10 Å². The molecule has 0 heterocycles. The van der Waals surface area contributed by atoms with Gasteiger partial charge in [-0.25, -0.2) is 4.79 Å². The van der Waals surface area contributed by atoms with E-state index in [-0.39, 0.29) is 12.2 Å². The predicted octanol–water partition coefficient (Wildman–Crippen LogP) is 3.98. The van der Waals surface area contributed by atoms with Crippen molar-refractivity contribution in [2.24, 2.45) is 0 Å². The van der Waals surface area contributed by atoms with E-state index in [1.165, 1.54) is 19.1 Å². The number of carbonyl (C=O) groups is 1. The van der Waals surface area contributed by atoms with Crippen LogP contribution in [-0.2, 0) is 14.3 Å². The third-order valence-electron chi connectivity index (χ3n) is 2.83. The minimum Gasteiger partial charge on any atom is -0.464 e. The fraction of sp³-hybridized carbons (Fsp3) is 0.267. The summed E-state index contributed by atoms with van der Waals surface area (Å²) >= 11 is 0. The van der Waals surface area contributed by atoms with E-state index in [1.807, 2.05) is 12.1 Å². The zero-order valence-corrected chi connectivity index (χ0v) is 11.2. The van der Waals surface area contributed by atoms with Crippen LogP contribution in [-0.4, -0.2) is 18.9 Å². The molecule has 2 aromatic rings. The summed E-state index contributed by atoms with van der Waals surface area (Å²) in [4.78, 5) is 11.7. The number of halogens is 3. The second kappa shape index (κ2) is 6.13. The summed E-state index contributed by atoms with van der Waals surface area (Å²) in [5.74, 6) is -1.06. The molecule has 0 saturated heterocycles. The summed E-state index contributed by atoms with van der Waals surface area (Å²) in [7, 11) is 0. The van der Waals surface area contributed by atoms with E-state index >= 15 is 0 Å². The molecule has 0 bridgehead atoms. The minimum absolute atomic E-state index is 0.0237. The first-order valence-electron chi connectivity index (χ1n) is 6.30. The Morgan fingerprint density at radius 3 is 2.43 bits per heavy atom. The highest BCUT2D eigenvalue weighted by molar-refractivity contribution is 5.85. The average Bonchev–Trinajstić information content (AvgIpc) is 2.43. The van der Waals surface area contributed by atoms with Crippen LogP contribution >= 0.6 is 0 Å². The van der Waals surface area contributed by atoms with E-state index in [1.54, 1.807) is 18.2 Å². The Kier molecular flexibility index (Phi) is 4.47. The van der Waals surface area contributed by atoms with Crippen LogP contribution < -0.4 is 0 Å². The summed E-state index contributed by atoms with van der Waals surface area (Å²) in [5.41, 5.74) is 0.101. The van der Waals surface area contributed by atoms with Crippen molar-refractivity contribution in [3.05, 3.63) is 48.0 Å². The molecule has 0 N–H and O–H groups in total. The van der Waals surface area contributed by atoms with E-state index < -0.39 is 18.4 Å². The molecule has 0 amide bonds. The lowest BCUT2D eigenvalue weighted by atomic mass is 10.0. The zero-order chi connectivity index (χ0) is 15.5. The number of esters is 1. The molecule has 2 rings (SSSR count). The molecule has 2 aromatic carbocycles. The Morgan fingerprint density at radius 2 is 1.81 bits per heavy atom. The first kappa shape index (κ1) is 15.3. The summed E-state index contributed by atoms with van der Waals surface area (Å²) in [6.45, 7) is 1.49. The smallest absolute Gasteiger partial charge is 0.464 e. The zero-order valence-electron chi connectivity index (χ0n) is 11.2. The van der Waals surface area contributed by atoms with E-state index in [2.05, 4.69) is 9.47 Å². The first-order valence-corrected chi connectivity index (χ1v) is 6.30. The molecule has 1 atom stereocenters. The molecule has 0 saturated carbocycles. The molecule has 0 spiro atoms. The molecular formula is C15H13F3O3. The van der Waals surface area contributed by atoms with Crippen molar-refractivity contribution >= 4 is 16.7 Å². The van der Waals surface area contributed by atoms with Crippen LogP contribution in [0.5, 0.6) is 0 Å². The van der Waals surface area contributed by atoms with Gasteiger partial charge in [-0.1, -0.05) is 36.4 Å². The Bertz CT molecular complexity index is 637. The molecule has 0 fully saturated rings. The van der Waals surface area contributed by atoms with Gasteiger partial charge in [0.25, 0.3) is 0 Å². The number of fused-ring (bicyclic) bond motifs is 1. The monoisotopic (exact) mass is 298 g/mol. The fourth-order valence-corrected chi connectivity index (χ4v) is 1.97. The molecule has 0 radical (unpaired) electrons. The van der Waals surface area contributed by atoms with Gasteiger partial charge in [0, 0.05) is 0 Å². The molecular weight excluding hydrogens is 285 g/mol. The normalized spacial score (nSPS) is 13.1. The molecule has 0 aliphatic heterocycles. The molecule has 0 aliphatic rings. The Balaban J connectivity index is 2.39. The highest BCUT2D eigenvalue weighted by Crippen LogP contribution is 2.30. The Labute approximate surface area is 119 Å². The van der Waals surface area contributed by atoms with Crippen molar-refractivity contribution in [1.29, 1.82) is 0 Å². The summed E-state index contributed by atoms with van der Waals surface area (Å²) in [5, 5.41) is 1.57. The quantitative estimate of drug-likeness (QED) is 0.801. The maximum Gasteiger partial charge on any atom is 0.523 e. The Morgan fingerprint density at radius 1 is 1.14 bits per heavy atom. The van der Waals surface area contributed by atoms with E-state index in [9.17, 15) is 18.0 Å². The number of ether oxygens (including phenoxy) is 2. The van der Waals surface area contributed by atoms with Gasteiger partial charge < -0.3 is 4.74 Å². The number of hydrogen-bond acceptors (Lipinski definition) is 3. The number of rotatable bonds is 4. The van der Waals surface area contributed by atoms with Crippen LogP contribution in [0.25, 0.3) is 10.8 Å². The van der Waals surface area contributed by atoms with Crippen LogP contribution in [0.1, 0.15) is 18.6 Å². The Hall–Kier alpha value is -2.08. The predicted molar refractivity (Wildman–Crippen MR) is 70.5 cm³/mol. The lowest BCUT2D eigenvalue weighted by Gasteiger charge is -2.18. The van der Waals surface area contributed by atoms with Crippen molar-refractivity contribution in [1.82, 2.24) is 0 Å². The number of alkyl halides is 3. The fourth-order valence-electron chi connectivity index (χ4n) is 1.97. The topological polar surface area (TPSA) is 35.5 Å². The van der Waals surface area contributed by atoms with Gasteiger partial charge in [-0.05, 0) is 29.3 Å². The molecule has 21 heavy (non-hydrogen) atoms. The SMILES string of the molecule is CCOC(=O)C(OC(F)(F)F)c1ccc2ccccc2c1. The van der Waals surface area contributed by atoms with Crippen molar-refractivity contribution in [2.45, 2.75) is 19.4 Å². The van der Waals surface area contributed by atoms with Crippen molar-refractivity contribution in [3.8, 4) is 0 Å². The lowest BCUT2D eigenvalue weighted by molar-refractivity contribution is -0.342. The summed E-state index contributed by atoms with van der Waals surface area (Å²) in [6.07, 6.45) is -6.75. The van der Waals surface area contributed by atoms with Gasteiger partial charge in [-0.3, -0.25) is 4.74 Å². The van der Waals surface area contributed by atoms with Crippen LogP contribution in [0.15, 0.2) is 42.5 Å². The maximum atomic E-state index is 12.5. The summed E-state index contributed by atoms with van der Waals surface area (Å²) in [6, 6.07) is 11.7.